The molecule has 10 aromatic rings. The number of fused-ring (bicyclic) bond motifs is 6. The summed E-state index contributed by atoms with van der Waals surface area (Å²) >= 11 is 0. The molecule has 0 fully saturated rings. The van der Waals surface area contributed by atoms with Crippen LogP contribution in [0.4, 0.5) is 0 Å². The molecule has 1 atom stereocenters. The maximum Gasteiger partial charge on any atom is 0.747 e. The van der Waals surface area contributed by atoms with E-state index < -0.39 is 8.25 Å². The average molecular weight is 702 g/mol. The summed E-state index contributed by atoms with van der Waals surface area (Å²) in [6.45, 7) is 0. The molecule has 0 saturated carbocycles. The van der Waals surface area contributed by atoms with E-state index in [4.69, 9.17) is 4.52 Å². The van der Waals surface area contributed by atoms with Crippen LogP contribution in [-0.2, 0) is 4.57 Å². The Bertz CT molecular complexity index is 3040. The van der Waals surface area contributed by atoms with Gasteiger partial charge in [-0.3, -0.25) is 0 Å². The fourth-order valence-corrected chi connectivity index (χ4v) is 8.67. The SMILES string of the molecule is O=[P+](O)Oc1c(-c2c3ccccc3cc3ccccc23)cc2ccccc2c1-c1c(O)c(-c2c3ccccc3cc3ccccc23)cc2ccccc12. The summed E-state index contributed by atoms with van der Waals surface area (Å²) < 4.78 is 19.1. The molecule has 0 aliphatic heterocycles. The van der Waals surface area contributed by atoms with Crippen LogP contribution in [0.1, 0.15) is 0 Å². The molecule has 0 saturated heterocycles. The zero-order valence-corrected chi connectivity index (χ0v) is 29.2. The average Bonchev–Trinajstić information content (AvgIpc) is 3.19. The number of benzene rings is 10. The smallest absolute Gasteiger partial charge is 0.507 e. The van der Waals surface area contributed by atoms with E-state index in [1.54, 1.807) is 0 Å². The second kappa shape index (κ2) is 12.3. The Balaban J connectivity index is 1.42. The first-order chi connectivity index (χ1) is 26.0. The monoisotopic (exact) mass is 701 g/mol. The van der Waals surface area contributed by atoms with E-state index in [9.17, 15) is 14.6 Å². The molecule has 0 aliphatic rings. The molecule has 4 nitrogen and oxygen atoms in total. The highest BCUT2D eigenvalue weighted by Gasteiger charge is 2.31. The molecular weight excluding hydrogens is 671 g/mol. The summed E-state index contributed by atoms with van der Waals surface area (Å²) in [6, 6.07) is 57.2. The molecule has 10 rings (SSSR count). The third-order valence-electron chi connectivity index (χ3n) is 10.5. The molecule has 0 aromatic heterocycles. The van der Waals surface area contributed by atoms with Crippen LogP contribution in [0.5, 0.6) is 11.5 Å². The zero-order valence-electron chi connectivity index (χ0n) is 28.3. The van der Waals surface area contributed by atoms with Gasteiger partial charge in [-0.1, -0.05) is 146 Å². The van der Waals surface area contributed by atoms with E-state index in [1.165, 1.54) is 0 Å². The van der Waals surface area contributed by atoms with Gasteiger partial charge in [0.1, 0.15) is 5.75 Å². The van der Waals surface area contributed by atoms with E-state index in [0.29, 0.717) is 22.3 Å². The molecule has 0 spiro atoms. The standard InChI is InChI=1S/C48H29O4P/c49-47-41(43-35-19-7-1-13-29(35)25-30-14-2-8-20-36(30)43)27-33-17-5-11-23-39(33)45(47)46-40-24-12-6-18-34(40)28-42(48(46)52-53(50)51)44-37-21-9-3-15-31(37)26-32-16-4-10-22-38(32)44/h1-28H,(H-,49,50,51)/p+1. The van der Waals surface area contributed by atoms with Crippen LogP contribution >= 0.6 is 8.25 Å². The van der Waals surface area contributed by atoms with Gasteiger partial charge in [0, 0.05) is 37.9 Å². The summed E-state index contributed by atoms with van der Waals surface area (Å²) in [5.41, 5.74) is 4.21. The highest BCUT2D eigenvalue weighted by molar-refractivity contribution is 7.32. The second-order valence-corrected chi connectivity index (χ2v) is 14.1. The minimum atomic E-state index is -3.11. The van der Waals surface area contributed by atoms with Crippen LogP contribution in [0.2, 0.25) is 0 Å². The Morgan fingerprint density at radius 2 is 0.679 bits per heavy atom. The normalized spacial score (nSPS) is 12.0. The second-order valence-electron chi connectivity index (χ2n) is 13.4. The summed E-state index contributed by atoms with van der Waals surface area (Å²) in [7, 11) is -3.11. The third kappa shape index (κ3) is 4.96. The molecule has 0 heterocycles. The highest BCUT2D eigenvalue weighted by Crippen LogP contribution is 2.55. The van der Waals surface area contributed by atoms with Crippen molar-refractivity contribution in [2.24, 2.45) is 0 Å². The predicted molar refractivity (Wildman–Crippen MR) is 220 cm³/mol. The first kappa shape index (κ1) is 31.2. The lowest BCUT2D eigenvalue weighted by Gasteiger charge is -2.21. The Labute approximate surface area is 305 Å². The number of hydrogen-bond donors (Lipinski definition) is 2. The first-order valence-corrected chi connectivity index (χ1v) is 18.6. The summed E-state index contributed by atoms with van der Waals surface area (Å²) in [4.78, 5) is 10.6. The van der Waals surface area contributed by atoms with Crippen molar-refractivity contribution in [2.45, 2.75) is 0 Å². The minimum Gasteiger partial charge on any atom is -0.507 e. The Hall–Kier alpha value is -6.58. The fourth-order valence-electron chi connectivity index (χ4n) is 8.32. The van der Waals surface area contributed by atoms with Gasteiger partial charge in [0.05, 0.1) is 0 Å². The van der Waals surface area contributed by atoms with Gasteiger partial charge < -0.3 is 5.11 Å². The van der Waals surface area contributed by atoms with Gasteiger partial charge in [0.25, 0.3) is 0 Å². The van der Waals surface area contributed by atoms with Gasteiger partial charge in [-0.2, -0.15) is 0 Å². The molecule has 250 valence electrons. The van der Waals surface area contributed by atoms with Crippen molar-refractivity contribution in [1.82, 2.24) is 0 Å². The van der Waals surface area contributed by atoms with Crippen LogP contribution in [-0.4, -0.2) is 10.00 Å². The van der Waals surface area contributed by atoms with Crippen molar-refractivity contribution >= 4 is 72.9 Å². The lowest BCUT2D eigenvalue weighted by Crippen LogP contribution is -1.97. The molecule has 1 unspecified atom stereocenters. The summed E-state index contributed by atoms with van der Waals surface area (Å²) in [5.74, 6) is 0.294. The Morgan fingerprint density at radius 3 is 1.08 bits per heavy atom. The molecular formula is C48H30O4P+. The van der Waals surface area contributed by atoms with Gasteiger partial charge in [0.2, 0.25) is 5.75 Å². The quantitative estimate of drug-likeness (QED) is 0.138. The van der Waals surface area contributed by atoms with E-state index in [1.807, 2.05) is 103 Å². The number of phenols is 1. The zero-order chi connectivity index (χ0) is 35.6. The number of rotatable bonds is 5. The Morgan fingerprint density at radius 1 is 0.377 bits per heavy atom. The molecule has 0 aliphatic carbocycles. The minimum absolute atomic E-state index is 0.0632. The lowest BCUT2D eigenvalue weighted by atomic mass is 9.83. The van der Waals surface area contributed by atoms with Crippen molar-refractivity contribution in [2.75, 3.05) is 0 Å². The van der Waals surface area contributed by atoms with Crippen LogP contribution in [0.3, 0.4) is 0 Å². The van der Waals surface area contributed by atoms with E-state index in [0.717, 1.165) is 75.8 Å². The van der Waals surface area contributed by atoms with Gasteiger partial charge in [0.15, 0.2) is 0 Å². The molecule has 10 aromatic carbocycles. The molecule has 0 amide bonds. The number of hydrogen-bond acceptors (Lipinski definition) is 3. The van der Waals surface area contributed by atoms with Crippen molar-refractivity contribution in [3.63, 3.8) is 0 Å². The molecule has 0 bridgehead atoms. The molecule has 2 N–H and O–H groups in total. The van der Waals surface area contributed by atoms with Gasteiger partial charge in [-0.25, -0.2) is 4.52 Å². The predicted octanol–water partition coefficient (Wildman–Crippen LogP) is 13.3. The maximum atomic E-state index is 13.0. The third-order valence-corrected chi connectivity index (χ3v) is 10.9. The highest BCUT2D eigenvalue weighted by atomic mass is 31.1. The van der Waals surface area contributed by atoms with Gasteiger partial charge >= 0.3 is 8.25 Å². The van der Waals surface area contributed by atoms with Crippen LogP contribution in [0, 0.1) is 0 Å². The maximum absolute atomic E-state index is 13.0. The van der Waals surface area contributed by atoms with Gasteiger partial charge in [-0.05, 0) is 88.9 Å². The number of aromatic hydroxyl groups is 1. The fraction of sp³-hybridized carbons (Fsp3) is 0. The molecule has 53 heavy (non-hydrogen) atoms. The molecule has 0 radical (unpaired) electrons. The number of phenolic OH excluding ortho intramolecular Hbond substituents is 1. The summed E-state index contributed by atoms with van der Waals surface area (Å²) in [6.07, 6.45) is 0. The van der Waals surface area contributed by atoms with E-state index in [-0.39, 0.29) is 11.5 Å². The van der Waals surface area contributed by atoms with Crippen molar-refractivity contribution in [3.05, 3.63) is 170 Å². The van der Waals surface area contributed by atoms with E-state index >= 15 is 0 Å². The molecule has 5 heteroatoms. The summed E-state index contributed by atoms with van der Waals surface area (Å²) in [5, 5.41) is 24.5. The first-order valence-electron chi connectivity index (χ1n) is 17.5. The largest absolute Gasteiger partial charge is 0.747 e. The van der Waals surface area contributed by atoms with Gasteiger partial charge in [-0.15, -0.1) is 4.89 Å². The Kier molecular flexibility index (Phi) is 7.23. The van der Waals surface area contributed by atoms with Crippen molar-refractivity contribution < 1.29 is 19.1 Å². The topological polar surface area (TPSA) is 66.8 Å². The van der Waals surface area contributed by atoms with Crippen LogP contribution in [0.15, 0.2) is 170 Å². The van der Waals surface area contributed by atoms with Crippen LogP contribution in [0.25, 0.3) is 98.0 Å². The van der Waals surface area contributed by atoms with Crippen molar-refractivity contribution in [3.8, 4) is 44.9 Å². The lowest BCUT2D eigenvalue weighted by molar-refractivity contribution is 0.411. The van der Waals surface area contributed by atoms with Crippen molar-refractivity contribution in [1.29, 1.82) is 0 Å². The van der Waals surface area contributed by atoms with E-state index in [2.05, 4.69) is 66.7 Å². The van der Waals surface area contributed by atoms with Crippen LogP contribution < -0.4 is 4.52 Å².